The van der Waals surface area contributed by atoms with E-state index in [2.05, 4.69) is 67.6 Å². The van der Waals surface area contributed by atoms with Crippen molar-refractivity contribution in [2.75, 3.05) is 0 Å². The topological polar surface area (TPSA) is 0 Å². The van der Waals surface area contributed by atoms with Gasteiger partial charge < -0.3 is 0 Å². The summed E-state index contributed by atoms with van der Waals surface area (Å²) in [5.74, 6) is 0.937. The molecule has 0 amide bonds. The first-order chi connectivity index (χ1) is 18.8. The van der Waals surface area contributed by atoms with Crippen LogP contribution in [0.25, 0.3) is 0 Å². The minimum atomic E-state index is -0.299. The molecule has 0 heterocycles. The zero-order valence-electron chi connectivity index (χ0n) is 24.6. The molecule has 0 saturated heterocycles. The van der Waals surface area contributed by atoms with Crippen LogP contribution in [0.4, 0.5) is 0 Å². The maximum Gasteiger partial charge on any atom is 0 e. The van der Waals surface area contributed by atoms with Gasteiger partial charge in [-0.1, -0.05) is 153 Å². The molecule has 0 aromatic heterocycles. The summed E-state index contributed by atoms with van der Waals surface area (Å²) in [5, 5.41) is 3.19. The Morgan fingerprint density at radius 1 is 0.513 bits per heavy atom. The number of benzene rings is 2. The third-order valence-corrected chi connectivity index (χ3v) is 17.3. The Bertz CT molecular complexity index is 837. The third kappa shape index (κ3) is 8.67. The largest absolute Gasteiger partial charge is 0.0968 e. The molecule has 2 unspecified atom stereocenters. The molecule has 6 rings (SSSR count). The first kappa shape index (κ1) is 31.7. The van der Waals surface area contributed by atoms with Crippen molar-refractivity contribution in [1.82, 2.24) is 0 Å². The molecule has 3 heteroatoms. The first-order valence-electron chi connectivity index (χ1n) is 16.5. The second-order valence-electron chi connectivity index (χ2n) is 12.7. The first-order valence-corrected chi connectivity index (χ1v) is 19.5. The van der Waals surface area contributed by atoms with Crippen LogP contribution in [0.1, 0.15) is 122 Å². The molecule has 216 valence electrons. The molecule has 3 atom stereocenters. The van der Waals surface area contributed by atoms with Gasteiger partial charge in [0.25, 0.3) is 0 Å². The van der Waals surface area contributed by atoms with Crippen LogP contribution < -0.4 is 10.6 Å². The molecule has 4 aliphatic rings. The van der Waals surface area contributed by atoms with Crippen LogP contribution in [-0.4, -0.2) is 22.6 Å². The van der Waals surface area contributed by atoms with Gasteiger partial charge in [-0.15, -0.1) is 0 Å². The van der Waals surface area contributed by atoms with E-state index in [1.165, 1.54) is 83.5 Å². The fourth-order valence-electron chi connectivity index (χ4n) is 8.37. The van der Waals surface area contributed by atoms with Crippen molar-refractivity contribution in [3.63, 3.8) is 0 Å². The molecular formula is C36H54FeP2. The van der Waals surface area contributed by atoms with Gasteiger partial charge in [0.2, 0.25) is 0 Å². The Labute approximate surface area is 254 Å². The summed E-state index contributed by atoms with van der Waals surface area (Å²) in [5.41, 5.74) is 4.01. The molecule has 0 aliphatic heterocycles. The van der Waals surface area contributed by atoms with Crippen LogP contribution >= 0.6 is 15.8 Å². The molecule has 39 heavy (non-hydrogen) atoms. The molecule has 0 radical (unpaired) electrons. The van der Waals surface area contributed by atoms with Crippen LogP contribution in [0.5, 0.6) is 0 Å². The summed E-state index contributed by atoms with van der Waals surface area (Å²) in [6.07, 6.45) is 27.3. The van der Waals surface area contributed by atoms with Gasteiger partial charge >= 0.3 is 0 Å². The average molecular weight is 605 g/mol. The van der Waals surface area contributed by atoms with Crippen molar-refractivity contribution in [3.05, 3.63) is 60.7 Å². The smallest absolute Gasteiger partial charge is 0 e. The Morgan fingerprint density at radius 2 is 0.923 bits per heavy atom. The predicted octanol–water partition coefficient (Wildman–Crippen LogP) is 10.8. The monoisotopic (exact) mass is 604 g/mol. The summed E-state index contributed by atoms with van der Waals surface area (Å²) in [4.78, 5) is 0. The van der Waals surface area contributed by atoms with Crippen LogP contribution in [0, 0.1) is 5.92 Å². The van der Waals surface area contributed by atoms with Gasteiger partial charge in [-0.05, 0) is 85.6 Å². The average Bonchev–Trinajstić information content (AvgIpc) is 3.72. The SMILES string of the molecule is C1CCCC1.C[C@@H](C1CCCC1P(C1CCCCC1)C1CCCCC1)P(c1ccccc1)c1ccccc1.[Fe]. The Balaban J connectivity index is 0.000000530. The van der Waals surface area contributed by atoms with E-state index >= 15 is 0 Å². The summed E-state index contributed by atoms with van der Waals surface area (Å²) >= 11 is 0. The summed E-state index contributed by atoms with van der Waals surface area (Å²) in [6, 6.07) is 23.1. The number of rotatable bonds is 7. The van der Waals surface area contributed by atoms with Crippen LogP contribution in [0.3, 0.4) is 0 Å². The van der Waals surface area contributed by atoms with E-state index in [1.807, 2.05) is 0 Å². The minimum absolute atomic E-state index is 0. The summed E-state index contributed by atoms with van der Waals surface area (Å²) < 4.78 is 0. The van der Waals surface area contributed by atoms with Crippen LogP contribution in [-0.2, 0) is 17.1 Å². The van der Waals surface area contributed by atoms with Crippen molar-refractivity contribution in [2.45, 2.75) is 145 Å². The maximum absolute atomic E-state index is 2.66. The van der Waals surface area contributed by atoms with E-state index in [0.717, 1.165) is 28.6 Å². The quantitative estimate of drug-likeness (QED) is 0.218. The molecule has 2 aromatic carbocycles. The zero-order valence-corrected chi connectivity index (χ0v) is 27.5. The summed E-state index contributed by atoms with van der Waals surface area (Å²) in [6.45, 7) is 2.66. The number of hydrogen-bond donors (Lipinski definition) is 0. The Hall–Kier alpha value is -0.181. The van der Waals surface area contributed by atoms with E-state index in [0.29, 0.717) is 0 Å². The fraction of sp³-hybridized carbons (Fsp3) is 0.667. The van der Waals surface area contributed by atoms with E-state index in [1.54, 1.807) is 42.7 Å². The van der Waals surface area contributed by atoms with E-state index in [9.17, 15) is 0 Å². The van der Waals surface area contributed by atoms with Crippen LogP contribution in [0.15, 0.2) is 60.7 Å². The zero-order chi connectivity index (χ0) is 26.0. The molecule has 2 aromatic rings. The van der Waals surface area contributed by atoms with Gasteiger partial charge in [0.05, 0.1) is 0 Å². The maximum atomic E-state index is 2.66. The second-order valence-corrected chi connectivity index (χ2v) is 18.3. The van der Waals surface area contributed by atoms with Crippen molar-refractivity contribution < 1.29 is 17.1 Å². The Kier molecular flexibility index (Phi) is 13.9. The summed E-state index contributed by atoms with van der Waals surface area (Å²) in [7, 11) is -0.121. The van der Waals surface area contributed by atoms with Gasteiger partial charge in [-0.3, -0.25) is 0 Å². The molecule has 0 spiro atoms. The van der Waals surface area contributed by atoms with Crippen LogP contribution in [0.2, 0.25) is 0 Å². The van der Waals surface area contributed by atoms with Gasteiger partial charge in [0.1, 0.15) is 0 Å². The molecular weight excluding hydrogens is 550 g/mol. The van der Waals surface area contributed by atoms with E-state index in [-0.39, 0.29) is 32.9 Å². The molecule has 0 N–H and O–H groups in total. The minimum Gasteiger partial charge on any atom is -0.0968 e. The van der Waals surface area contributed by atoms with Gasteiger partial charge in [0.15, 0.2) is 0 Å². The fourth-order valence-corrected chi connectivity index (χ4v) is 16.4. The van der Waals surface area contributed by atoms with E-state index in [4.69, 9.17) is 0 Å². The third-order valence-electron chi connectivity index (χ3n) is 10.3. The molecule has 4 saturated carbocycles. The normalized spacial score (nSPS) is 25.2. The molecule has 4 fully saturated rings. The van der Waals surface area contributed by atoms with Gasteiger partial charge in [-0.2, -0.15) is 0 Å². The van der Waals surface area contributed by atoms with Crippen molar-refractivity contribution >= 4 is 26.5 Å². The predicted molar refractivity (Wildman–Crippen MR) is 173 cm³/mol. The van der Waals surface area contributed by atoms with E-state index < -0.39 is 0 Å². The standard InChI is InChI=1S/C31H44P2.C5H10.Fe/c1-25(32(26-15-6-2-7-16-26)27-17-8-3-9-18-27)30-23-14-24-31(30)33(28-19-10-4-11-20-28)29-21-12-5-13-22-29;1-2-4-5-3-1;/h2-3,6-9,15-18,25,28-31H,4-5,10-14,19-24H2,1H3;1-5H2;/t25-,30?,31?;;/m0../s1. The van der Waals surface area contributed by atoms with Gasteiger partial charge in [0, 0.05) is 17.1 Å². The van der Waals surface area contributed by atoms with Crippen molar-refractivity contribution in [2.24, 2.45) is 5.92 Å². The van der Waals surface area contributed by atoms with Crippen molar-refractivity contribution in [1.29, 1.82) is 0 Å². The molecule has 0 nitrogen and oxygen atoms in total. The van der Waals surface area contributed by atoms with Crippen molar-refractivity contribution in [3.8, 4) is 0 Å². The Morgan fingerprint density at radius 3 is 1.36 bits per heavy atom. The number of hydrogen-bond acceptors (Lipinski definition) is 0. The second kappa shape index (κ2) is 17.1. The molecule has 4 aliphatic carbocycles. The van der Waals surface area contributed by atoms with Gasteiger partial charge in [-0.25, -0.2) is 0 Å². The molecule has 0 bridgehead atoms.